The molecule has 0 N–H and O–H groups in total. The Morgan fingerprint density at radius 1 is 1.09 bits per heavy atom. The summed E-state index contributed by atoms with van der Waals surface area (Å²) in [6.07, 6.45) is 9.20. The average Bonchev–Trinajstić information content (AvgIpc) is 2.58. The molecule has 1 aliphatic carbocycles. The van der Waals surface area contributed by atoms with Crippen LogP contribution in [-0.2, 0) is 4.74 Å². The van der Waals surface area contributed by atoms with E-state index < -0.39 is 0 Å². The number of hydrogen-bond donors (Lipinski definition) is 0. The van der Waals surface area contributed by atoms with E-state index in [-0.39, 0.29) is 5.91 Å². The molecule has 0 atom stereocenters. The standard InChI is InChI=1S/C19H26INO2/c1-14-6-5-9-17(18(14)20)19(22)21-12-10-16(11-13-21)23-15-7-3-2-4-8-15/h5-6,9,15-16H,2-4,7-8,10-13H2,1H3. The number of carbonyl (C=O) groups excluding carboxylic acids is 1. The highest BCUT2D eigenvalue weighted by atomic mass is 127. The number of aryl methyl sites for hydroxylation is 1. The monoisotopic (exact) mass is 427 g/mol. The SMILES string of the molecule is Cc1cccc(C(=O)N2CCC(OC3CCCCC3)CC2)c1I. The molecule has 1 saturated carbocycles. The molecule has 0 bridgehead atoms. The third-order valence-corrected chi connectivity index (χ3v) is 6.52. The number of halogens is 1. The van der Waals surface area contributed by atoms with Crippen LogP contribution in [0.2, 0.25) is 0 Å². The van der Waals surface area contributed by atoms with E-state index in [0.29, 0.717) is 12.2 Å². The maximum Gasteiger partial charge on any atom is 0.254 e. The van der Waals surface area contributed by atoms with Crippen molar-refractivity contribution in [2.75, 3.05) is 13.1 Å². The molecule has 1 aromatic carbocycles. The lowest BCUT2D eigenvalue weighted by Crippen LogP contribution is -2.42. The van der Waals surface area contributed by atoms with Crippen molar-refractivity contribution in [1.29, 1.82) is 0 Å². The van der Waals surface area contributed by atoms with Crippen LogP contribution in [0.25, 0.3) is 0 Å². The van der Waals surface area contributed by atoms with Crippen LogP contribution in [0.4, 0.5) is 0 Å². The van der Waals surface area contributed by atoms with E-state index in [1.54, 1.807) is 0 Å². The smallest absolute Gasteiger partial charge is 0.254 e. The maximum atomic E-state index is 12.7. The van der Waals surface area contributed by atoms with Gasteiger partial charge in [0, 0.05) is 16.7 Å². The van der Waals surface area contributed by atoms with Crippen molar-refractivity contribution in [2.45, 2.75) is 64.1 Å². The second kappa shape index (κ2) is 7.97. The van der Waals surface area contributed by atoms with E-state index in [4.69, 9.17) is 4.74 Å². The van der Waals surface area contributed by atoms with Crippen LogP contribution in [0.15, 0.2) is 18.2 Å². The van der Waals surface area contributed by atoms with Crippen molar-refractivity contribution in [3.05, 3.63) is 32.9 Å². The number of ether oxygens (including phenoxy) is 1. The molecule has 3 nitrogen and oxygen atoms in total. The van der Waals surface area contributed by atoms with Gasteiger partial charge >= 0.3 is 0 Å². The molecule has 2 aliphatic rings. The quantitative estimate of drug-likeness (QED) is 0.663. The van der Waals surface area contributed by atoms with Gasteiger partial charge in [0.15, 0.2) is 0 Å². The molecule has 4 heteroatoms. The summed E-state index contributed by atoms with van der Waals surface area (Å²) in [5.41, 5.74) is 2.02. The molecule has 1 heterocycles. The fraction of sp³-hybridized carbons (Fsp3) is 0.632. The number of rotatable bonds is 3. The zero-order valence-electron chi connectivity index (χ0n) is 13.9. The van der Waals surface area contributed by atoms with Gasteiger partial charge in [-0.25, -0.2) is 0 Å². The Morgan fingerprint density at radius 2 is 1.74 bits per heavy atom. The van der Waals surface area contributed by atoms with Gasteiger partial charge in [-0.3, -0.25) is 4.79 Å². The fourth-order valence-corrected chi connectivity index (χ4v) is 4.24. The number of benzene rings is 1. The van der Waals surface area contributed by atoms with E-state index in [1.165, 1.54) is 37.7 Å². The molecule has 1 aromatic rings. The summed E-state index contributed by atoms with van der Waals surface area (Å²) in [5.74, 6) is 0.175. The van der Waals surface area contributed by atoms with Crippen molar-refractivity contribution >= 4 is 28.5 Å². The number of amides is 1. The molecule has 1 saturated heterocycles. The molecular formula is C19H26INO2. The Kier molecular flexibility index (Phi) is 5.96. The van der Waals surface area contributed by atoms with Crippen LogP contribution in [0.3, 0.4) is 0 Å². The van der Waals surface area contributed by atoms with Gasteiger partial charge in [-0.15, -0.1) is 0 Å². The van der Waals surface area contributed by atoms with Crippen molar-refractivity contribution < 1.29 is 9.53 Å². The number of likely N-dealkylation sites (tertiary alicyclic amines) is 1. The van der Waals surface area contributed by atoms with Crippen LogP contribution >= 0.6 is 22.6 Å². The first-order valence-electron chi connectivity index (χ1n) is 8.85. The molecular weight excluding hydrogens is 401 g/mol. The molecule has 0 spiro atoms. The Hall–Kier alpha value is -0.620. The van der Waals surface area contributed by atoms with Crippen molar-refractivity contribution in [2.24, 2.45) is 0 Å². The first-order chi connectivity index (χ1) is 11.1. The molecule has 0 aromatic heterocycles. The van der Waals surface area contributed by atoms with Gasteiger partial charge in [-0.1, -0.05) is 31.4 Å². The van der Waals surface area contributed by atoms with Gasteiger partial charge < -0.3 is 9.64 Å². The minimum absolute atomic E-state index is 0.175. The van der Waals surface area contributed by atoms with E-state index in [1.807, 2.05) is 17.0 Å². The second-order valence-electron chi connectivity index (χ2n) is 6.82. The maximum absolute atomic E-state index is 12.7. The highest BCUT2D eigenvalue weighted by Crippen LogP contribution is 2.26. The molecule has 1 aliphatic heterocycles. The zero-order chi connectivity index (χ0) is 16.2. The van der Waals surface area contributed by atoms with Crippen molar-refractivity contribution in [3.63, 3.8) is 0 Å². The Labute approximate surface area is 152 Å². The minimum atomic E-state index is 0.175. The van der Waals surface area contributed by atoms with Gasteiger partial charge in [0.1, 0.15) is 0 Å². The van der Waals surface area contributed by atoms with Gasteiger partial charge in [-0.2, -0.15) is 0 Å². The van der Waals surface area contributed by atoms with Crippen LogP contribution < -0.4 is 0 Å². The van der Waals surface area contributed by atoms with E-state index in [2.05, 4.69) is 35.6 Å². The van der Waals surface area contributed by atoms with Crippen molar-refractivity contribution in [3.8, 4) is 0 Å². The second-order valence-corrected chi connectivity index (χ2v) is 7.90. The summed E-state index contributed by atoms with van der Waals surface area (Å²) in [4.78, 5) is 14.7. The van der Waals surface area contributed by atoms with Crippen molar-refractivity contribution in [1.82, 2.24) is 4.90 Å². The molecule has 0 unspecified atom stereocenters. The molecule has 1 amide bonds. The molecule has 2 fully saturated rings. The van der Waals surface area contributed by atoms with E-state index >= 15 is 0 Å². The van der Waals surface area contributed by atoms with Gasteiger partial charge in [0.25, 0.3) is 5.91 Å². The topological polar surface area (TPSA) is 29.5 Å². The normalized spacial score (nSPS) is 20.7. The van der Waals surface area contributed by atoms with Crippen LogP contribution in [0, 0.1) is 10.5 Å². The Morgan fingerprint density at radius 3 is 2.43 bits per heavy atom. The lowest BCUT2D eigenvalue weighted by molar-refractivity contribution is -0.0527. The number of hydrogen-bond acceptors (Lipinski definition) is 2. The highest BCUT2D eigenvalue weighted by Gasteiger charge is 2.27. The van der Waals surface area contributed by atoms with Gasteiger partial charge in [0.05, 0.1) is 17.8 Å². The fourth-order valence-electron chi connectivity index (χ4n) is 3.65. The van der Waals surface area contributed by atoms with Gasteiger partial charge in [0.2, 0.25) is 0 Å². The largest absolute Gasteiger partial charge is 0.375 e. The Bertz CT molecular complexity index is 546. The molecule has 3 rings (SSSR count). The minimum Gasteiger partial charge on any atom is -0.375 e. The summed E-state index contributed by atoms with van der Waals surface area (Å²) in [7, 11) is 0. The van der Waals surface area contributed by atoms with Crippen LogP contribution in [0.1, 0.15) is 60.9 Å². The lowest BCUT2D eigenvalue weighted by Gasteiger charge is -2.35. The molecule has 0 radical (unpaired) electrons. The molecule has 23 heavy (non-hydrogen) atoms. The summed E-state index contributed by atoms with van der Waals surface area (Å²) >= 11 is 2.28. The summed E-state index contributed by atoms with van der Waals surface area (Å²) in [6.45, 7) is 3.70. The number of piperidine rings is 1. The first-order valence-corrected chi connectivity index (χ1v) is 9.93. The number of nitrogens with zero attached hydrogens (tertiary/aromatic N) is 1. The predicted octanol–water partition coefficient (Wildman–Crippen LogP) is 4.55. The summed E-state index contributed by atoms with van der Waals surface area (Å²) in [5, 5.41) is 0. The van der Waals surface area contributed by atoms with Gasteiger partial charge in [-0.05, 0) is 66.8 Å². The summed E-state index contributed by atoms with van der Waals surface area (Å²) < 4.78 is 7.35. The Balaban J connectivity index is 1.54. The number of carbonyl (C=O) groups is 1. The molecule has 126 valence electrons. The zero-order valence-corrected chi connectivity index (χ0v) is 16.0. The lowest BCUT2D eigenvalue weighted by atomic mass is 9.97. The average molecular weight is 427 g/mol. The summed E-state index contributed by atoms with van der Waals surface area (Å²) in [6, 6.07) is 5.98. The third kappa shape index (κ3) is 4.27. The predicted molar refractivity (Wildman–Crippen MR) is 101 cm³/mol. The van der Waals surface area contributed by atoms with Crippen LogP contribution in [-0.4, -0.2) is 36.1 Å². The van der Waals surface area contributed by atoms with E-state index in [9.17, 15) is 4.79 Å². The van der Waals surface area contributed by atoms with Crippen LogP contribution in [0.5, 0.6) is 0 Å². The first kappa shape index (κ1) is 17.2. The highest BCUT2D eigenvalue weighted by molar-refractivity contribution is 14.1. The van der Waals surface area contributed by atoms with E-state index in [0.717, 1.165) is 35.1 Å². The third-order valence-electron chi connectivity index (χ3n) is 5.09.